The van der Waals surface area contributed by atoms with E-state index < -0.39 is 44.1 Å². The third-order valence-corrected chi connectivity index (χ3v) is 15.7. The highest BCUT2D eigenvalue weighted by Gasteiger charge is 2.43. The van der Waals surface area contributed by atoms with Gasteiger partial charge in [-0.2, -0.15) is 5.26 Å². The monoisotopic (exact) mass is 751 g/mol. The van der Waals surface area contributed by atoms with Gasteiger partial charge in [0.25, 0.3) is 0 Å². The molecule has 0 amide bonds. The lowest BCUT2D eigenvalue weighted by molar-refractivity contribution is 0.0857. The summed E-state index contributed by atoms with van der Waals surface area (Å²) in [4.78, 5) is 6.03. The van der Waals surface area contributed by atoms with E-state index in [4.69, 9.17) is 9.72 Å². The van der Waals surface area contributed by atoms with Crippen molar-refractivity contribution in [2.75, 3.05) is 12.9 Å². The molecule has 268 valence electrons. The molecule has 1 aliphatic carbocycles. The zero-order valence-corrected chi connectivity index (χ0v) is 34.2. The van der Waals surface area contributed by atoms with Crippen LogP contribution in [0.4, 0.5) is 0 Å². The predicted molar refractivity (Wildman–Crippen MR) is 211 cm³/mol. The van der Waals surface area contributed by atoms with E-state index in [1.807, 2.05) is 87.9 Å². The van der Waals surface area contributed by atoms with Crippen LogP contribution >= 0.6 is 11.8 Å². The molecule has 0 aliphatic heterocycles. The number of imidazole rings is 1. The van der Waals surface area contributed by atoms with Crippen LogP contribution in [0, 0.1) is 18.3 Å². The highest BCUT2D eigenvalue weighted by atomic mass is 32.2. The number of aromatic nitrogens is 3. The summed E-state index contributed by atoms with van der Waals surface area (Å²) in [5.41, 5.74) is 2.76. The van der Waals surface area contributed by atoms with Gasteiger partial charge in [-0.25, -0.2) is 26.3 Å². The number of thioether (sulfide) groups is 1. The van der Waals surface area contributed by atoms with Gasteiger partial charge in [0, 0.05) is 31.2 Å². The van der Waals surface area contributed by atoms with Gasteiger partial charge in [-0.1, -0.05) is 43.9 Å². The van der Waals surface area contributed by atoms with Gasteiger partial charge in [0.1, 0.15) is 22.8 Å². The van der Waals surface area contributed by atoms with Gasteiger partial charge in [-0.15, -0.1) is 11.8 Å². The normalized spacial score (nSPS) is 19.0. The van der Waals surface area contributed by atoms with Gasteiger partial charge < -0.3 is 9.30 Å². The van der Waals surface area contributed by atoms with Crippen LogP contribution in [0.2, 0.25) is 25.7 Å². The minimum atomic E-state index is -3.92. The molecular weight excluding hydrogens is 703 g/mol. The first kappa shape index (κ1) is 38.2. The first-order valence-corrected chi connectivity index (χ1v) is 24.3. The van der Waals surface area contributed by atoms with Crippen molar-refractivity contribution >= 4 is 62.8 Å². The van der Waals surface area contributed by atoms with Crippen molar-refractivity contribution < 1.29 is 17.4 Å². The lowest BCUT2D eigenvalue weighted by Gasteiger charge is -2.34. The maximum Gasteiger partial charge on any atom is 0.248 e. The van der Waals surface area contributed by atoms with Crippen LogP contribution in [0.3, 0.4) is 0 Å². The molecule has 5 rings (SSSR count). The van der Waals surface area contributed by atoms with E-state index in [0.29, 0.717) is 40.8 Å². The number of benzene rings is 2. The highest BCUT2D eigenvalue weighted by Crippen LogP contribution is 2.41. The van der Waals surface area contributed by atoms with E-state index in [0.717, 1.165) is 27.6 Å². The van der Waals surface area contributed by atoms with Crippen LogP contribution in [0.15, 0.2) is 65.7 Å². The molecule has 3 atom stereocenters. The Hall–Kier alpha value is -2.99. The van der Waals surface area contributed by atoms with Crippen molar-refractivity contribution in [3.8, 4) is 6.07 Å². The van der Waals surface area contributed by atoms with Crippen LogP contribution < -0.4 is 4.72 Å². The van der Waals surface area contributed by atoms with E-state index in [1.54, 1.807) is 25.3 Å². The molecular formula is C37H49N5O4S3Si. The third kappa shape index (κ3) is 7.20. The largest absolute Gasteiger partial charge is 0.361 e. The number of nitrogens with zero attached hydrogens (tertiary/aromatic N) is 4. The Labute approximate surface area is 304 Å². The van der Waals surface area contributed by atoms with Crippen LogP contribution in [0.25, 0.3) is 21.9 Å². The summed E-state index contributed by atoms with van der Waals surface area (Å²) < 4.78 is 54.5. The Morgan fingerprint density at radius 1 is 1.16 bits per heavy atom. The molecule has 1 N–H and O–H groups in total. The average molecular weight is 752 g/mol. The van der Waals surface area contributed by atoms with Crippen LogP contribution in [0.1, 0.15) is 63.6 Å². The van der Waals surface area contributed by atoms with Gasteiger partial charge >= 0.3 is 0 Å². The number of nitrogens with one attached hydrogen (secondary N) is 1. The van der Waals surface area contributed by atoms with Crippen molar-refractivity contribution in [3.63, 3.8) is 0 Å². The molecule has 0 saturated carbocycles. The second kappa shape index (κ2) is 13.9. The summed E-state index contributed by atoms with van der Waals surface area (Å²) in [6.45, 7) is 19.0. The van der Waals surface area contributed by atoms with Gasteiger partial charge in [-0.3, -0.25) is 0 Å². The van der Waals surface area contributed by atoms with E-state index in [9.17, 15) is 17.9 Å². The van der Waals surface area contributed by atoms with E-state index in [-0.39, 0.29) is 6.73 Å². The summed E-state index contributed by atoms with van der Waals surface area (Å²) >= 11 is 1.52. The maximum absolute atomic E-state index is 14.5. The zero-order chi connectivity index (χ0) is 36.9. The molecule has 2 aromatic heterocycles. The quantitative estimate of drug-likeness (QED) is 0.115. The Kier molecular flexibility index (Phi) is 10.6. The summed E-state index contributed by atoms with van der Waals surface area (Å²) in [6.07, 6.45) is 9.66. The van der Waals surface area contributed by atoms with Crippen molar-refractivity contribution in [2.45, 2.75) is 95.4 Å². The van der Waals surface area contributed by atoms with Gasteiger partial charge in [0.2, 0.25) is 10.0 Å². The Bertz CT molecular complexity index is 2180. The topological polar surface area (TPSA) is 119 Å². The number of ether oxygens (including phenoxy) is 1. The van der Waals surface area contributed by atoms with Crippen LogP contribution in [0.5, 0.6) is 0 Å². The molecule has 50 heavy (non-hydrogen) atoms. The molecule has 2 aromatic carbocycles. The molecule has 0 saturated heterocycles. The van der Waals surface area contributed by atoms with Gasteiger partial charge in [0.15, 0.2) is 0 Å². The lowest BCUT2D eigenvalue weighted by atomic mass is 9.88. The molecule has 3 unspecified atom stereocenters. The van der Waals surface area contributed by atoms with E-state index >= 15 is 0 Å². The van der Waals surface area contributed by atoms with Crippen molar-refractivity contribution in [1.82, 2.24) is 18.2 Å². The molecule has 0 radical (unpaired) electrons. The van der Waals surface area contributed by atoms with Gasteiger partial charge in [-0.05, 0) is 102 Å². The Balaban J connectivity index is 1.77. The van der Waals surface area contributed by atoms with Crippen LogP contribution in [-0.2, 0) is 38.0 Å². The van der Waals surface area contributed by atoms with Crippen molar-refractivity contribution in [2.24, 2.45) is 0 Å². The van der Waals surface area contributed by atoms with E-state index in [2.05, 4.69) is 30.4 Å². The standard InChI is InChI=1S/C37H49N5O4S3Si/c1-26-13-15-30(29-17-19-42(33(26)29)49(44,45)36(5)18-11-12-28(23-36)47-7)37(6,40-48(43)35(2,3)4)34-39-31-16-14-27(24-38)22-32(31)41(34)25-46-20-21-50(8,9)10/h11-17,19,22-23,40H,18,20-21,25H2,1-10H3. The van der Waals surface area contributed by atoms with Crippen LogP contribution in [-0.4, -0.2) is 56.6 Å². The maximum atomic E-state index is 14.5. The fourth-order valence-electron chi connectivity index (χ4n) is 6.18. The summed E-state index contributed by atoms with van der Waals surface area (Å²) in [5.74, 6) is 0.547. The summed E-state index contributed by atoms with van der Waals surface area (Å²) in [6, 6.07) is 14.3. The molecule has 0 spiro atoms. The first-order valence-electron chi connectivity index (χ1n) is 16.7. The third-order valence-electron chi connectivity index (χ3n) is 9.29. The molecule has 13 heteroatoms. The lowest BCUT2D eigenvalue weighted by Crippen LogP contribution is -2.48. The highest BCUT2D eigenvalue weighted by molar-refractivity contribution is 8.02. The Morgan fingerprint density at radius 3 is 2.52 bits per heavy atom. The zero-order valence-electron chi connectivity index (χ0n) is 30.7. The SMILES string of the molecule is CSC1=CC(C)(S(=O)(=O)n2ccc3c(C(C)(NS(=O)C(C)(C)C)c4nc5ccc(C#N)cc5n4COCC[Si](C)(C)C)ccc(C)c32)CC=C1. The fraction of sp³-hybridized carbons (Fsp3) is 0.459. The molecule has 4 aromatic rings. The second-order valence-electron chi connectivity index (χ2n) is 15.6. The molecule has 0 fully saturated rings. The number of fused-ring (bicyclic) bond motifs is 2. The molecule has 1 aliphatic rings. The number of nitriles is 1. The summed E-state index contributed by atoms with van der Waals surface area (Å²) in [7, 11) is -6.86. The number of aryl methyl sites for hydroxylation is 1. The smallest absolute Gasteiger partial charge is 0.248 e. The van der Waals surface area contributed by atoms with E-state index in [1.165, 1.54) is 15.7 Å². The minimum Gasteiger partial charge on any atom is -0.361 e. The number of hydrogen-bond acceptors (Lipinski definition) is 7. The number of allylic oxidation sites excluding steroid dienone is 2. The van der Waals surface area contributed by atoms with Crippen molar-refractivity contribution in [1.29, 1.82) is 5.26 Å². The minimum absolute atomic E-state index is 0.172. The first-order chi connectivity index (χ1) is 23.3. The number of hydrogen-bond donors (Lipinski definition) is 1. The van der Waals surface area contributed by atoms with Gasteiger partial charge in [0.05, 0.1) is 43.9 Å². The fourth-order valence-corrected chi connectivity index (χ4v) is 10.2. The Morgan fingerprint density at radius 2 is 1.88 bits per heavy atom. The molecule has 2 heterocycles. The molecule has 0 bridgehead atoms. The number of rotatable bonds is 12. The average Bonchev–Trinajstić information content (AvgIpc) is 3.65. The predicted octanol–water partition coefficient (Wildman–Crippen LogP) is 7.94. The second-order valence-corrected chi connectivity index (χ2v) is 26.4. The van der Waals surface area contributed by atoms with Crippen molar-refractivity contribution in [3.05, 3.63) is 88.2 Å². The molecule has 9 nitrogen and oxygen atoms in total. The summed E-state index contributed by atoms with van der Waals surface area (Å²) in [5, 5.41) is 10.5.